The molecule has 25 heavy (non-hydrogen) atoms. The number of carbonyl (C=O) groups is 1. The molecule has 0 bridgehead atoms. The minimum absolute atomic E-state index is 0.127. The molecular formula is C19H25N3O3. The number of furan rings is 1. The van der Waals surface area contributed by atoms with E-state index in [2.05, 4.69) is 10.4 Å². The summed E-state index contributed by atoms with van der Waals surface area (Å²) >= 11 is 0. The molecule has 4 rings (SSSR count). The number of nitrogens with one attached hydrogen (secondary N) is 1. The van der Waals surface area contributed by atoms with E-state index in [9.17, 15) is 4.79 Å². The van der Waals surface area contributed by atoms with Gasteiger partial charge in [0.2, 0.25) is 0 Å². The van der Waals surface area contributed by atoms with Crippen LogP contribution in [0.5, 0.6) is 0 Å². The van der Waals surface area contributed by atoms with Crippen LogP contribution in [-0.4, -0.2) is 34.4 Å². The molecule has 0 saturated heterocycles. The minimum atomic E-state index is -0.127. The van der Waals surface area contributed by atoms with Gasteiger partial charge in [-0.3, -0.25) is 9.48 Å². The number of hydrogen-bond acceptors (Lipinski definition) is 4. The molecule has 0 aliphatic heterocycles. The first-order valence-electron chi connectivity index (χ1n) is 9.20. The summed E-state index contributed by atoms with van der Waals surface area (Å²) in [6, 6.07) is 5.64. The van der Waals surface area contributed by atoms with Gasteiger partial charge < -0.3 is 14.5 Å². The van der Waals surface area contributed by atoms with E-state index in [0.29, 0.717) is 12.3 Å². The lowest BCUT2D eigenvalue weighted by Gasteiger charge is -2.53. The second-order valence-electron chi connectivity index (χ2n) is 7.12. The molecule has 2 saturated carbocycles. The SMILES string of the molecule is CCO[C@@H]1C[C@@H](NC(=O)c2ccc(Cn3cccn3)o2)C12CCCC2. The third-order valence-corrected chi connectivity index (χ3v) is 5.76. The highest BCUT2D eigenvalue weighted by Gasteiger charge is 2.57. The van der Waals surface area contributed by atoms with Crippen molar-refractivity contribution in [1.29, 1.82) is 0 Å². The smallest absolute Gasteiger partial charge is 0.287 e. The van der Waals surface area contributed by atoms with Crippen LogP contribution in [0.1, 0.15) is 55.3 Å². The predicted octanol–water partition coefficient (Wildman–Crippen LogP) is 2.99. The van der Waals surface area contributed by atoms with E-state index in [-0.39, 0.29) is 23.5 Å². The molecular weight excluding hydrogens is 318 g/mol. The van der Waals surface area contributed by atoms with E-state index < -0.39 is 0 Å². The van der Waals surface area contributed by atoms with Crippen molar-refractivity contribution in [2.75, 3.05) is 6.61 Å². The highest BCUT2D eigenvalue weighted by atomic mass is 16.5. The van der Waals surface area contributed by atoms with Gasteiger partial charge in [-0.2, -0.15) is 5.10 Å². The standard InChI is InChI=1S/C19H25N3O3/c1-2-24-17-12-16(19(17)8-3-4-9-19)21-18(23)15-7-6-14(25-15)13-22-11-5-10-20-22/h5-7,10-11,16-17H,2-4,8-9,12-13H2,1H3,(H,21,23)/t16-,17-/m1/s1. The second-order valence-corrected chi connectivity index (χ2v) is 7.12. The van der Waals surface area contributed by atoms with Gasteiger partial charge >= 0.3 is 0 Å². The van der Waals surface area contributed by atoms with Gasteiger partial charge in [-0.25, -0.2) is 0 Å². The van der Waals surface area contributed by atoms with E-state index in [1.165, 1.54) is 12.8 Å². The molecule has 1 N–H and O–H groups in total. The summed E-state index contributed by atoms with van der Waals surface area (Å²) in [6.07, 6.45) is 9.53. The van der Waals surface area contributed by atoms with Crippen LogP contribution in [0.25, 0.3) is 0 Å². The number of ether oxygens (including phenoxy) is 1. The Bertz CT molecular complexity index is 716. The Labute approximate surface area is 147 Å². The normalized spacial score (nSPS) is 24.4. The molecule has 0 radical (unpaired) electrons. The monoisotopic (exact) mass is 343 g/mol. The van der Waals surface area contributed by atoms with E-state index in [1.807, 2.05) is 25.3 Å². The third-order valence-electron chi connectivity index (χ3n) is 5.76. The summed E-state index contributed by atoms with van der Waals surface area (Å²) in [5.74, 6) is 0.971. The average molecular weight is 343 g/mol. The van der Waals surface area contributed by atoms with Crippen molar-refractivity contribution in [2.45, 2.75) is 57.7 Å². The molecule has 2 aromatic heterocycles. The molecule has 6 heteroatoms. The molecule has 2 aromatic rings. The predicted molar refractivity (Wildman–Crippen MR) is 92.2 cm³/mol. The van der Waals surface area contributed by atoms with Crippen LogP contribution in [0.3, 0.4) is 0 Å². The lowest BCUT2D eigenvalue weighted by Crippen LogP contribution is -2.63. The maximum absolute atomic E-state index is 12.6. The summed E-state index contributed by atoms with van der Waals surface area (Å²) in [6.45, 7) is 3.31. The van der Waals surface area contributed by atoms with Crippen LogP contribution in [0, 0.1) is 5.41 Å². The summed E-state index contributed by atoms with van der Waals surface area (Å²) < 4.78 is 13.4. The van der Waals surface area contributed by atoms with Crippen LogP contribution in [-0.2, 0) is 11.3 Å². The Balaban J connectivity index is 1.40. The molecule has 6 nitrogen and oxygen atoms in total. The first-order valence-corrected chi connectivity index (χ1v) is 9.20. The van der Waals surface area contributed by atoms with Crippen molar-refractivity contribution in [3.8, 4) is 0 Å². The van der Waals surface area contributed by atoms with Crippen LogP contribution in [0.4, 0.5) is 0 Å². The fourth-order valence-electron chi connectivity index (χ4n) is 4.46. The Morgan fingerprint density at radius 3 is 3.00 bits per heavy atom. The van der Waals surface area contributed by atoms with Crippen molar-refractivity contribution in [1.82, 2.24) is 15.1 Å². The number of rotatable bonds is 6. The van der Waals surface area contributed by atoms with E-state index in [0.717, 1.165) is 31.6 Å². The van der Waals surface area contributed by atoms with Crippen molar-refractivity contribution < 1.29 is 13.9 Å². The average Bonchev–Trinajstić information content (AvgIpc) is 3.36. The summed E-state index contributed by atoms with van der Waals surface area (Å²) in [4.78, 5) is 12.6. The zero-order valence-electron chi connectivity index (χ0n) is 14.6. The molecule has 0 aromatic carbocycles. The summed E-state index contributed by atoms with van der Waals surface area (Å²) in [7, 11) is 0. The first kappa shape index (κ1) is 16.4. The molecule has 1 amide bonds. The molecule has 134 valence electrons. The molecule has 2 fully saturated rings. The van der Waals surface area contributed by atoms with Gasteiger partial charge in [-0.15, -0.1) is 0 Å². The minimum Gasteiger partial charge on any atom is -0.454 e. The van der Waals surface area contributed by atoms with Crippen LogP contribution in [0.2, 0.25) is 0 Å². The van der Waals surface area contributed by atoms with E-state index in [4.69, 9.17) is 9.15 Å². The Hall–Kier alpha value is -2.08. The van der Waals surface area contributed by atoms with Gasteiger partial charge in [-0.05, 0) is 44.4 Å². The Morgan fingerprint density at radius 1 is 1.44 bits per heavy atom. The molecule has 2 aliphatic carbocycles. The number of amides is 1. The van der Waals surface area contributed by atoms with Crippen LogP contribution in [0.15, 0.2) is 35.0 Å². The molecule has 2 heterocycles. The number of hydrogen-bond donors (Lipinski definition) is 1. The van der Waals surface area contributed by atoms with Gasteiger partial charge in [0.25, 0.3) is 5.91 Å². The lowest BCUT2D eigenvalue weighted by atomic mass is 9.60. The molecule has 2 atom stereocenters. The van der Waals surface area contributed by atoms with Crippen molar-refractivity contribution in [2.24, 2.45) is 5.41 Å². The van der Waals surface area contributed by atoms with E-state index >= 15 is 0 Å². The van der Waals surface area contributed by atoms with Crippen molar-refractivity contribution in [3.05, 3.63) is 42.1 Å². The largest absolute Gasteiger partial charge is 0.454 e. The third kappa shape index (κ3) is 2.99. The second kappa shape index (κ2) is 6.67. The van der Waals surface area contributed by atoms with Gasteiger partial charge in [0.1, 0.15) is 5.76 Å². The quantitative estimate of drug-likeness (QED) is 0.875. The maximum atomic E-state index is 12.6. The zero-order valence-corrected chi connectivity index (χ0v) is 14.6. The fraction of sp³-hybridized carbons (Fsp3) is 0.579. The van der Waals surface area contributed by atoms with Crippen LogP contribution >= 0.6 is 0 Å². The van der Waals surface area contributed by atoms with Gasteiger partial charge in [0, 0.05) is 30.5 Å². The maximum Gasteiger partial charge on any atom is 0.287 e. The number of aromatic nitrogens is 2. The van der Waals surface area contributed by atoms with Gasteiger partial charge in [0.05, 0.1) is 12.6 Å². The Morgan fingerprint density at radius 2 is 2.28 bits per heavy atom. The van der Waals surface area contributed by atoms with E-state index in [1.54, 1.807) is 16.9 Å². The molecule has 0 unspecified atom stereocenters. The summed E-state index contributed by atoms with van der Waals surface area (Å²) in [5.41, 5.74) is 0.135. The summed E-state index contributed by atoms with van der Waals surface area (Å²) in [5, 5.41) is 7.34. The Kier molecular flexibility index (Phi) is 4.37. The highest BCUT2D eigenvalue weighted by Crippen LogP contribution is 2.54. The fourth-order valence-corrected chi connectivity index (χ4v) is 4.46. The number of nitrogens with zero attached hydrogens (tertiary/aromatic N) is 2. The zero-order chi connectivity index (χ0) is 17.3. The van der Waals surface area contributed by atoms with Gasteiger partial charge in [-0.1, -0.05) is 12.8 Å². The highest BCUT2D eigenvalue weighted by molar-refractivity contribution is 5.91. The lowest BCUT2D eigenvalue weighted by molar-refractivity contribution is -0.127. The van der Waals surface area contributed by atoms with Crippen LogP contribution < -0.4 is 5.32 Å². The number of carbonyl (C=O) groups excluding carboxylic acids is 1. The topological polar surface area (TPSA) is 69.3 Å². The molecule has 2 aliphatic rings. The van der Waals surface area contributed by atoms with Gasteiger partial charge in [0.15, 0.2) is 5.76 Å². The van der Waals surface area contributed by atoms with Crippen molar-refractivity contribution in [3.63, 3.8) is 0 Å². The first-order chi connectivity index (χ1) is 12.2. The molecule has 1 spiro atoms. The van der Waals surface area contributed by atoms with Crippen molar-refractivity contribution >= 4 is 5.91 Å².